The first kappa shape index (κ1) is 12.7. The van der Waals surface area contributed by atoms with Crippen LogP contribution in [0.1, 0.15) is 24.8 Å². The van der Waals surface area contributed by atoms with E-state index in [4.69, 9.17) is 23.2 Å². The Balaban J connectivity index is 1.79. The minimum absolute atomic E-state index is 0.182. The Morgan fingerprint density at radius 1 is 1.35 bits per heavy atom. The maximum Gasteiger partial charge on any atom is 0.223 e. The first-order valence-electron chi connectivity index (χ1n) is 5.88. The molecule has 0 aliphatic heterocycles. The van der Waals surface area contributed by atoms with Crippen molar-refractivity contribution >= 4 is 29.1 Å². The highest BCUT2D eigenvalue weighted by Gasteiger charge is 2.24. The van der Waals surface area contributed by atoms with Crippen molar-refractivity contribution in [1.82, 2.24) is 5.32 Å². The zero-order chi connectivity index (χ0) is 12.3. The Hall–Kier alpha value is -0.730. The van der Waals surface area contributed by atoms with Gasteiger partial charge in [-0.15, -0.1) is 0 Å². The molecule has 1 aliphatic rings. The van der Waals surface area contributed by atoms with E-state index in [1.807, 2.05) is 12.1 Å². The molecule has 1 aromatic rings. The maximum atomic E-state index is 11.6. The topological polar surface area (TPSA) is 29.1 Å². The van der Waals surface area contributed by atoms with Gasteiger partial charge >= 0.3 is 0 Å². The lowest BCUT2D eigenvalue weighted by Crippen LogP contribution is -2.35. The van der Waals surface area contributed by atoms with Crippen molar-refractivity contribution in [3.05, 3.63) is 33.8 Å². The summed E-state index contributed by atoms with van der Waals surface area (Å²) in [6, 6.07) is 5.45. The van der Waals surface area contributed by atoms with Crippen molar-refractivity contribution in [1.29, 1.82) is 0 Å². The number of carbonyl (C=O) groups is 1. The van der Waals surface area contributed by atoms with Gasteiger partial charge < -0.3 is 5.32 Å². The highest BCUT2D eigenvalue weighted by molar-refractivity contribution is 6.35. The molecule has 1 amide bonds. The lowest BCUT2D eigenvalue weighted by molar-refractivity contribution is -0.127. The predicted octanol–water partition coefficient (Wildman–Crippen LogP) is 3.45. The monoisotopic (exact) mass is 271 g/mol. The highest BCUT2D eigenvalue weighted by Crippen LogP contribution is 2.26. The first-order chi connectivity index (χ1) is 8.16. The van der Waals surface area contributed by atoms with Crippen molar-refractivity contribution in [2.24, 2.45) is 5.92 Å². The fourth-order valence-corrected chi connectivity index (χ4v) is 2.36. The van der Waals surface area contributed by atoms with E-state index in [0.29, 0.717) is 16.6 Å². The molecule has 0 spiro atoms. The summed E-state index contributed by atoms with van der Waals surface area (Å²) in [6.45, 7) is 0.636. The Kier molecular flexibility index (Phi) is 4.30. The number of benzene rings is 1. The van der Waals surface area contributed by atoms with Gasteiger partial charge in [0.1, 0.15) is 0 Å². The number of carbonyl (C=O) groups excluding carboxylic acids is 1. The molecular weight excluding hydrogens is 257 g/mol. The number of hydrogen-bond acceptors (Lipinski definition) is 1. The van der Waals surface area contributed by atoms with Gasteiger partial charge in [-0.1, -0.05) is 35.7 Å². The number of amides is 1. The van der Waals surface area contributed by atoms with Crippen LogP contribution in [0, 0.1) is 5.92 Å². The molecule has 0 heterocycles. The summed E-state index contributed by atoms with van der Waals surface area (Å²) in [6.07, 6.45) is 4.00. The summed E-state index contributed by atoms with van der Waals surface area (Å²) in [4.78, 5) is 11.6. The van der Waals surface area contributed by atoms with Gasteiger partial charge in [-0.3, -0.25) is 4.79 Å². The van der Waals surface area contributed by atoms with Crippen LogP contribution in [0.5, 0.6) is 0 Å². The van der Waals surface area contributed by atoms with E-state index >= 15 is 0 Å². The van der Waals surface area contributed by atoms with Crippen molar-refractivity contribution < 1.29 is 4.79 Å². The van der Waals surface area contributed by atoms with E-state index in [0.717, 1.165) is 24.8 Å². The number of rotatable bonds is 4. The van der Waals surface area contributed by atoms with Gasteiger partial charge in [0.25, 0.3) is 0 Å². The fourth-order valence-electron chi connectivity index (χ4n) is 1.86. The normalized spacial score (nSPS) is 15.4. The SMILES string of the molecule is O=C(NCCc1ccc(Cl)cc1Cl)C1CCC1. The highest BCUT2D eigenvalue weighted by atomic mass is 35.5. The van der Waals surface area contributed by atoms with Gasteiger partial charge in [0.05, 0.1) is 0 Å². The van der Waals surface area contributed by atoms with E-state index in [-0.39, 0.29) is 11.8 Å². The summed E-state index contributed by atoms with van der Waals surface area (Å²) >= 11 is 11.9. The summed E-state index contributed by atoms with van der Waals surface area (Å²) < 4.78 is 0. The van der Waals surface area contributed by atoms with Crippen LogP contribution in [0.3, 0.4) is 0 Å². The van der Waals surface area contributed by atoms with E-state index < -0.39 is 0 Å². The minimum atomic E-state index is 0.182. The van der Waals surface area contributed by atoms with E-state index in [1.54, 1.807) is 6.07 Å². The summed E-state index contributed by atoms with van der Waals surface area (Å²) in [5.41, 5.74) is 1.02. The molecule has 1 aliphatic carbocycles. The van der Waals surface area contributed by atoms with Crippen LogP contribution in [0.15, 0.2) is 18.2 Å². The van der Waals surface area contributed by atoms with Gasteiger partial charge in [0.2, 0.25) is 5.91 Å². The molecule has 1 N–H and O–H groups in total. The summed E-state index contributed by atoms with van der Waals surface area (Å²) in [7, 11) is 0. The Bertz CT molecular complexity index is 416. The van der Waals surface area contributed by atoms with E-state index in [2.05, 4.69) is 5.32 Å². The second-order valence-corrected chi connectivity index (χ2v) is 5.25. The average molecular weight is 272 g/mol. The molecule has 2 rings (SSSR count). The third-order valence-electron chi connectivity index (χ3n) is 3.18. The summed E-state index contributed by atoms with van der Waals surface area (Å²) in [5.74, 6) is 0.428. The van der Waals surface area contributed by atoms with E-state index in [9.17, 15) is 4.79 Å². The molecule has 92 valence electrons. The summed E-state index contributed by atoms with van der Waals surface area (Å²) in [5, 5.41) is 4.24. The van der Waals surface area contributed by atoms with Crippen molar-refractivity contribution in [3.8, 4) is 0 Å². The van der Waals surface area contributed by atoms with E-state index in [1.165, 1.54) is 6.42 Å². The second-order valence-electron chi connectivity index (χ2n) is 4.40. The maximum absolute atomic E-state index is 11.6. The first-order valence-corrected chi connectivity index (χ1v) is 6.64. The van der Waals surface area contributed by atoms with Crippen LogP contribution in [-0.2, 0) is 11.2 Å². The van der Waals surface area contributed by atoms with Crippen molar-refractivity contribution in [2.75, 3.05) is 6.54 Å². The molecule has 2 nitrogen and oxygen atoms in total. The van der Waals surface area contributed by atoms with Gasteiger partial charge in [-0.2, -0.15) is 0 Å². The molecule has 0 bridgehead atoms. The van der Waals surface area contributed by atoms with Crippen LogP contribution >= 0.6 is 23.2 Å². The number of hydrogen-bond donors (Lipinski definition) is 1. The standard InChI is InChI=1S/C13H15Cl2NO/c14-11-5-4-9(12(15)8-11)6-7-16-13(17)10-2-1-3-10/h4-5,8,10H,1-3,6-7H2,(H,16,17). The Morgan fingerprint density at radius 2 is 2.12 bits per heavy atom. The van der Waals surface area contributed by atoms with Gasteiger partial charge in [-0.25, -0.2) is 0 Å². The zero-order valence-electron chi connectivity index (χ0n) is 9.51. The molecule has 17 heavy (non-hydrogen) atoms. The van der Waals surface area contributed by atoms with Crippen LogP contribution in [0.4, 0.5) is 0 Å². The average Bonchev–Trinajstić information content (AvgIpc) is 2.18. The van der Waals surface area contributed by atoms with Crippen LogP contribution in [0.2, 0.25) is 10.0 Å². The zero-order valence-corrected chi connectivity index (χ0v) is 11.0. The number of nitrogens with one attached hydrogen (secondary N) is 1. The lowest BCUT2D eigenvalue weighted by atomic mass is 9.85. The van der Waals surface area contributed by atoms with Gasteiger partial charge in [-0.05, 0) is 37.0 Å². The molecule has 1 aromatic carbocycles. The Morgan fingerprint density at radius 3 is 2.71 bits per heavy atom. The van der Waals surface area contributed by atoms with Crippen molar-refractivity contribution in [2.45, 2.75) is 25.7 Å². The largest absolute Gasteiger partial charge is 0.356 e. The quantitative estimate of drug-likeness (QED) is 0.893. The molecule has 0 saturated heterocycles. The molecule has 4 heteroatoms. The Labute approximate surface area is 111 Å². The van der Waals surface area contributed by atoms with Crippen molar-refractivity contribution in [3.63, 3.8) is 0 Å². The van der Waals surface area contributed by atoms with Crippen LogP contribution < -0.4 is 5.32 Å². The lowest BCUT2D eigenvalue weighted by Gasteiger charge is -2.24. The van der Waals surface area contributed by atoms with Gasteiger partial charge in [0.15, 0.2) is 0 Å². The molecule has 0 aromatic heterocycles. The molecule has 1 saturated carbocycles. The molecule has 0 unspecified atom stereocenters. The molecular formula is C13H15Cl2NO. The fraction of sp³-hybridized carbons (Fsp3) is 0.462. The number of halogens is 2. The minimum Gasteiger partial charge on any atom is -0.356 e. The molecule has 0 radical (unpaired) electrons. The smallest absolute Gasteiger partial charge is 0.223 e. The van der Waals surface area contributed by atoms with Crippen LogP contribution in [-0.4, -0.2) is 12.5 Å². The molecule has 1 fully saturated rings. The van der Waals surface area contributed by atoms with Crippen LogP contribution in [0.25, 0.3) is 0 Å². The second kappa shape index (κ2) is 5.74. The predicted molar refractivity (Wildman–Crippen MR) is 70.5 cm³/mol. The van der Waals surface area contributed by atoms with Gasteiger partial charge in [0, 0.05) is 22.5 Å². The third kappa shape index (κ3) is 3.36. The third-order valence-corrected chi connectivity index (χ3v) is 3.77. The molecule has 0 atom stereocenters.